The third kappa shape index (κ3) is 14.8. The summed E-state index contributed by atoms with van der Waals surface area (Å²) in [4.78, 5) is 161. The van der Waals surface area contributed by atoms with E-state index in [0.29, 0.717) is 64.5 Å². The molecule has 12 heterocycles. The second kappa shape index (κ2) is 29.6. The lowest BCUT2D eigenvalue weighted by Crippen LogP contribution is -2.49. The molecule has 0 bridgehead atoms. The van der Waals surface area contributed by atoms with Gasteiger partial charge >= 0.3 is 54.1 Å². The highest BCUT2D eigenvalue weighted by Crippen LogP contribution is 2.44. The van der Waals surface area contributed by atoms with E-state index in [1.807, 2.05) is 91.0 Å². The molecule has 0 fully saturated rings. The van der Waals surface area contributed by atoms with E-state index in [2.05, 4.69) is 15.6 Å². The quantitative estimate of drug-likeness (QED) is 0.0537. The predicted octanol–water partition coefficient (Wildman–Crippen LogP) is 8.25. The molecule has 0 saturated heterocycles. The average Bonchev–Trinajstić information content (AvgIpc) is 1.50. The Labute approximate surface area is 623 Å². The summed E-state index contributed by atoms with van der Waals surface area (Å²) in [5, 5.41) is 19.7. The summed E-state index contributed by atoms with van der Waals surface area (Å²) in [6.07, 6.45) is -5.96. The van der Waals surface area contributed by atoms with Crippen molar-refractivity contribution < 1.29 is 94.6 Å². The molecule has 32 heteroatoms. The van der Waals surface area contributed by atoms with Crippen LogP contribution in [0.5, 0.6) is 0 Å². The standard InChI is InChI=1S/C27H27N3O7.C24H18F3N3O6.C20H16N2O4.C7H13NO3/c1-5-27(36-21(31)12-28-25(34)37-26(2,3)4)18-11-20-22-16(10-15-8-6-7-9-19(15)29-22)13-30(20)23(32)17(18)14-35-24(27)33;1-2-23(36-18(31)9-28-21(33)24(25,26)27)15-8-17-19-13(7-12-5-3-4-6-16(12)29-19)10-30(17)20(32)14(15)11-35-22(23)34;1-2-20(25)14-8-16-17-12(7-11-5-3-4-6-15(11)21-17)9-22(16)18(23)13(14)10-26-19(20)24;1-7(2,3)11-6(10)8-4-5-9/h6-11H,5,12-14H2,1-4H3,(H,28,34);3-8H,2,9-11H2,1H3,(H,28,33);3-8,25H,2,9-10H2,1H3;5H,4H2,1-3H3,(H,8,10)/t27-;23-;20-;/m000./s1. The van der Waals surface area contributed by atoms with E-state index < -0.39 is 101 Å². The number of carbonyl (C=O) groups excluding carboxylic acids is 9. The number of aldehydes is 1. The smallest absolute Gasteiger partial charge is 0.458 e. The van der Waals surface area contributed by atoms with Crippen molar-refractivity contribution in [1.29, 1.82) is 0 Å². The number of nitrogens with zero attached hydrogens (tertiary/aromatic N) is 6. The van der Waals surface area contributed by atoms with Crippen LogP contribution < -0.4 is 32.6 Å². The fourth-order valence-electron chi connectivity index (χ4n) is 13.7. The number of fused-ring (bicyclic) bond motifs is 15. The number of rotatable bonds is 11. The number of aromatic nitrogens is 6. The van der Waals surface area contributed by atoms with Crippen LogP contribution in [0.4, 0.5) is 22.8 Å². The van der Waals surface area contributed by atoms with Crippen LogP contribution in [0.15, 0.2) is 124 Å². The van der Waals surface area contributed by atoms with Crippen molar-refractivity contribution in [3.8, 4) is 34.2 Å². The number of alkyl carbamates (subject to hydrolysis) is 2. The molecule has 0 saturated carbocycles. The highest BCUT2D eigenvalue weighted by atomic mass is 19.4. The molecule has 6 aliphatic heterocycles. The summed E-state index contributed by atoms with van der Waals surface area (Å²) < 4.78 is 78.7. The van der Waals surface area contributed by atoms with E-state index in [1.54, 1.807) is 76.7 Å². The largest absolute Gasteiger partial charge is 0.471 e. The van der Waals surface area contributed by atoms with Gasteiger partial charge < -0.3 is 72.7 Å². The SMILES string of the molecule is CC(C)(C)OC(=O)NCC=O.CC[C@@]1(O)C(=O)OCc2c1cc1n(c2=O)Cc2cc3ccccc3nc2-1.CC[C@@]1(OC(=O)CNC(=O)C(F)(F)F)C(=O)OCc2c1cc1n(c2=O)Cc2cc3ccccc3nc2-1.CC[C@@]1(OC(=O)CNC(=O)OC(C)(C)C)C(=O)OCc2c1cc1n(c2=O)Cc2cc3ccccc3nc2-1. The zero-order valence-corrected chi connectivity index (χ0v) is 61.0. The van der Waals surface area contributed by atoms with Gasteiger partial charge in [0.1, 0.15) is 50.4 Å². The average molecular weight is 1510 g/mol. The Hall–Kier alpha value is -12.5. The van der Waals surface area contributed by atoms with Gasteiger partial charge in [0.15, 0.2) is 5.60 Å². The van der Waals surface area contributed by atoms with Crippen LogP contribution in [0.1, 0.15) is 132 Å². The van der Waals surface area contributed by atoms with Gasteiger partial charge in [-0.2, -0.15) is 13.2 Å². The maximum atomic E-state index is 13.5. The Bertz CT molecular complexity index is 5560. The molecular weight excluding hydrogens is 1440 g/mol. The summed E-state index contributed by atoms with van der Waals surface area (Å²) >= 11 is 0. The molecule has 6 aromatic heterocycles. The van der Waals surface area contributed by atoms with Gasteiger partial charge in [0.2, 0.25) is 11.2 Å². The van der Waals surface area contributed by atoms with Crippen LogP contribution >= 0.6 is 0 Å². The zero-order chi connectivity index (χ0) is 79.3. The Morgan fingerprint density at radius 1 is 0.500 bits per heavy atom. The number of nitrogens with one attached hydrogen (secondary N) is 3. The Kier molecular flexibility index (Phi) is 20.8. The molecule has 0 spiro atoms. The summed E-state index contributed by atoms with van der Waals surface area (Å²) in [7, 11) is 0. The van der Waals surface area contributed by atoms with Gasteiger partial charge in [0, 0.05) is 49.5 Å². The number of amides is 3. The van der Waals surface area contributed by atoms with Gasteiger partial charge in [0.25, 0.3) is 16.7 Å². The zero-order valence-electron chi connectivity index (χ0n) is 61.0. The Balaban J connectivity index is 0.000000145. The van der Waals surface area contributed by atoms with E-state index in [4.69, 9.17) is 43.1 Å². The number of esters is 5. The first kappa shape index (κ1) is 77.1. The van der Waals surface area contributed by atoms with Gasteiger partial charge in [-0.1, -0.05) is 75.4 Å². The van der Waals surface area contributed by atoms with Crippen molar-refractivity contribution in [2.24, 2.45) is 0 Å². The van der Waals surface area contributed by atoms with Crippen LogP contribution in [0.25, 0.3) is 66.9 Å². The second-order valence-electron chi connectivity index (χ2n) is 28.3. The molecule has 9 aromatic rings. The second-order valence-corrected chi connectivity index (χ2v) is 28.3. The lowest BCUT2D eigenvalue weighted by Gasteiger charge is -2.35. The molecular formula is C78H74F3N9O20. The van der Waals surface area contributed by atoms with Gasteiger partial charge in [0.05, 0.1) is 93.6 Å². The van der Waals surface area contributed by atoms with E-state index in [-0.39, 0.29) is 85.5 Å². The molecule has 110 heavy (non-hydrogen) atoms. The van der Waals surface area contributed by atoms with Crippen molar-refractivity contribution >= 4 is 86.9 Å². The minimum absolute atomic E-state index is 0.00505. The fourth-order valence-corrected chi connectivity index (χ4v) is 13.7. The van der Waals surface area contributed by atoms with Crippen LogP contribution in [0, 0.1) is 0 Å². The monoisotopic (exact) mass is 1510 g/mol. The molecule has 0 unspecified atom stereocenters. The molecule has 0 aliphatic carbocycles. The number of ether oxygens (including phenoxy) is 7. The number of pyridine rings is 6. The van der Waals surface area contributed by atoms with Gasteiger partial charge in [-0.05, 0) is 115 Å². The van der Waals surface area contributed by atoms with Crippen molar-refractivity contribution in [1.82, 2.24) is 44.6 Å². The van der Waals surface area contributed by atoms with Crippen molar-refractivity contribution in [3.63, 3.8) is 0 Å². The van der Waals surface area contributed by atoms with E-state index in [9.17, 15) is 75.8 Å². The van der Waals surface area contributed by atoms with Gasteiger partial charge in [-0.25, -0.2) is 38.9 Å². The molecule has 3 amide bonds. The maximum Gasteiger partial charge on any atom is 0.471 e. The van der Waals surface area contributed by atoms with Crippen LogP contribution in [0.2, 0.25) is 0 Å². The number of aliphatic hydroxyl groups is 1. The topological polar surface area (TPSA) is 379 Å². The van der Waals surface area contributed by atoms with Crippen molar-refractivity contribution in [2.45, 2.75) is 155 Å². The Morgan fingerprint density at radius 3 is 1.20 bits per heavy atom. The first-order chi connectivity index (χ1) is 52.0. The molecule has 3 atom stereocenters. The molecule has 3 aromatic carbocycles. The normalized spacial score (nSPS) is 17.8. The van der Waals surface area contributed by atoms with Crippen molar-refractivity contribution in [2.75, 3.05) is 19.6 Å². The highest BCUT2D eigenvalue weighted by molar-refractivity contribution is 5.93. The van der Waals surface area contributed by atoms with E-state index >= 15 is 0 Å². The van der Waals surface area contributed by atoms with Crippen molar-refractivity contribution in [3.05, 3.63) is 190 Å². The first-order valence-corrected chi connectivity index (χ1v) is 34.9. The van der Waals surface area contributed by atoms with Crippen LogP contribution in [-0.4, -0.2) is 125 Å². The maximum absolute atomic E-state index is 13.5. The summed E-state index contributed by atoms with van der Waals surface area (Å²) in [6.45, 7) is 13.8. The molecule has 0 radical (unpaired) electrons. The number of hydrogen-bond acceptors (Lipinski definition) is 23. The summed E-state index contributed by atoms with van der Waals surface area (Å²) in [5.41, 5.74) is 1.80. The van der Waals surface area contributed by atoms with Gasteiger partial charge in [-0.3, -0.25) is 28.8 Å². The number of benzene rings is 3. The lowest BCUT2D eigenvalue weighted by atomic mass is 9.85. The van der Waals surface area contributed by atoms with E-state index in [1.165, 1.54) is 22.9 Å². The van der Waals surface area contributed by atoms with Crippen LogP contribution in [0.3, 0.4) is 0 Å². The number of carbonyl (C=O) groups is 9. The Morgan fingerprint density at radius 2 is 0.845 bits per heavy atom. The predicted molar refractivity (Wildman–Crippen MR) is 385 cm³/mol. The minimum atomic E-state index is -5.20. The minimum Gasteiger partial charge on any atom is -0.458 e. The molecule has 572 valence electrons. The third-order valence-electron chi connectivity index (χ3n) is 18.9. The molecule has 4 N–H and O–H groups in total. The molecule has 6 aliphatic rings. The number of hydrogen-bond donors (Lipinski definition) is 4. The lowest BCUT2D eigenvalue weighted by molar-refractivity contribution is -0.190. The number of cyclic esters (lactones) is 3. The van der Waals surface area contributed by atoms with E-state index in [0.717, 1.165) is 49.6 Å². The van der Waals surface area contributed by atoms with Crippen LogP contribution in [-0.2, 0) is 123 Å². The molecule has 15 rings (SSSR count). The number of halogens is 3. The summed E-state index contributed by atoms with van der Waals surface area (Å²) in [6, 6.07) is 33.8. The first-order valence-electron chi connectivity index (χ1n) is 34.9. The summed E-state index contributed by atoms with van der Waals surface area (Å²) in [5.74, 6) is -6.96. The highest BCUT2D eigenvalue weighted by Gasteiger charge is 2.53. The number of alkyl halides is 3. The fraction of sp³-hybridized carbons (Fsp3) is 0.346. The van der Waals surface area contributed by atoms with Gasteiger partial charge in [-0.15, -0.1) is 0 Å². The molecule has 29 nitrogen and oxygen atoms in total. The number of para-hydroxylation sites is 3. The third-order valence-corrected chi connectivity index (χ3v) is 18.9.